The zero-order valence-corrected chi connectivity index (χ0v) is 15.2. The Kier molecular flexibility index (Phi) is 12.5. The predicted molar refractivity (Wildman–Crippen MR) is 95.2 cm³/mol. The van der Waals surface area contributed by atoms with Gasteiger partial charge >= 0.3 is 0 Å². The van der Waals surface area contributed by atoms with Crippen LogP contribution < -0.4 is 21.7 Å². The molecule has 1 rings (SSSR count). The zero-order chi connectivity index (χ0) is 18.5. The third kappa shape index (κ3) is 9.23. The number of nitrogens with two attached hydrogens (primary N) is 1. The van der Waals surface area contributed by atoms with Crippen LogP contribution >= 0.6 is 0 Å². The molecule has 150 valence electrons. The standard InChI is InChI=1S/C16H36N4O5/c1-12-14(21)15(22)13(25-16(12)23)11-24-10-2-4-18-6-8-20-9-7-19-5-3-17/h12-16,18-23H,2-11,17H2,1H3/t12-,13?,14?,15?,16?/m1/s1. The average molecular weight is 364 g/mol. The Morgan fingerprint density at radius 3 is 2.16 bits per heavy atom. The van der Waals surface area contributed by atoms with Gasteiger partial charge in [0, 0.05) is 51.8 Å². The molecule has 1 aliphatic heterocycles. The van der Waals surface area contributed by atoms with Gasteiger partial charge in [0.2, 0.25) is 0 Å². The highest BCUT2D eigenvalue weighted by Gasteiger charge is 2.41. The molecular formula is C16H36N4O5. The molecule has 0 aromatic heterocycles. The summed E-state index contributed by atoms with van der Waals surface area (Å²) in [5, 5.41) is 39.2. The van der Waals surface area contributed by atoms with E-state index in [9.17, 15) is 15.3 Å². The first kappa shape index (κ1) is 22.7. The first-order chi connectivity index (χ1) is 12.1. The molecule has 1 aliphatic rings. The second-order valence-corrected chi connectivity index (χ2v) is 6.37. The quantitative estimate of drug-likeness (QED) is 0.163. The summed E-state index contributed by atoms with van der Waals surface area (Å²) in [6, 6.07) is 0. The maximum Gasteiger partial charge on any atom is 0.160 e. The van der Waals surface area contributed by atoms with E-state index in [2.05, 4.69) is 16.0 Å². The van der Waals surface area contributed by atoms with Crippen LogP contribution in [-0.4, -0.2) is 98.9 Å². The highest BCUT2D eigenvalue weighted by atomic mass is 16.6. The number of hydrogen-bond donors (Lipinski definition) is 7. The van der Waals surface area contributed by atoms with Gasteiger partial charge in [-0.05, 0) is 13.0 Å². The molecule has 0 radical (unpaired) electrons. The zero-order valence-electron chi connectivity index (χ0n) is 15.2. The third-order valence-electron chi connectivity index (χ3n) is 4.24. The molecule has 1 fully saturated rings. The van der Waals surface area contributed by atoms with Crippen molar-refractivity contribution in [1.29, 1.82) is 0 Å². The van der Waals surface area contributed by atoms with E-state index in [-0.39, 0.29) is 6.61 Å². The summed E-state index contributed by atoms with van der Waals surface area (Å²) in [6.07, 6.45) is -2.99. The molecule has 0 saturated carbocycles. The Bertz CT molecular complexity index is 327. The van der Waals surface area contributed by atoms with E-state index < -0.39 is 30.5 Å². The van der Waals surface area contributed by atoms with Gasteiger partial charge < -0.3 is 46.5 Å². The fourth-order valence-electron chi connectivity index (χ4n) is 2.55. The summed E-state index contributed by atoms with van der Waals surface area (Å²) in [5.74, 6) is -0.513. The van der Waals surface area contributed by atoms with E-state index in [1.54, 1.807) is 6.92 Å². The molecule has 4 unspecified atom stereocenters. The molecule has 25 heavy (non-hydrogen) atoms. The first-order valence-electron chi connectivity index (χ1n) is 9.17. The van der Waals surface area contributed by atoms with Gasteiger partial charge in [-0.1, -0.05) is 6.92 Å². The Morgan fingerprint density at radius 2 is 1.52 bits per heavy atom. The molecule has 0 aromatic rings. The van der Waals surface area contributed by atoms with Crippen molar-refractivity contribution in [2.24, 2.45) is 11.7 Å². The summed E-state index contributed by atoms with van der Waals surface area (Å²) in [7, 11) is 0. The van der Waals surface area contributed by atoms with Crippen molar-refractivity contribution in [2.45, 2.75) is 37.9 Å². The molecule has 5 atom stereocenters. The molecule has 9 nitrogen and oxygen atoms in total. The van der Waals surface area contributed by atoms with E-state index in [4.69, 9.17) is 15.2 Å². The molecule has 1 saturated heterocycles. The SMILES string of the molecule is C[C@H]1C(O)OC(COCCCNCCNCCNCCN)C(O)C1O. The minimum Gasteiger partial charge on any atom is -0.390 e. The minimum atomic E-state index is -1.08. The third-order valence-corrected chi connectivity index (χ3v) is 4.24. The van der Waals surface area contributed by atoms with E-state index >= 15 is 0 Å². The van der Waals surface area contributed by atoms with E-state index in [0.717, 1.165) is 45.7 Å². The Morgan fingerprint density at radius 1 is 0.920 bits per heavy atom. The smallest absolute Gasteiger partial charge is 0.160 e. The molecular weight excluding hydrogens is 328 g/mol. The molecule has 0 amide bonds. The lowest BCUT2D eigenvalue weighted by molar-refractivity contribution is -0.268. The van der Waals surface area contributed by atoms with Crippen molar-refractivity contribution < 1.29 is 24.8 Å². The number of aliphatic hydroxyl groups excluding tert-OH is 3. The van der Waals surface area contributed by atoms with E-state index in [1.165, 1.54) is 0 Å². The molecule has 0 aliphatic carbocycles. The number of aliphatic hydroxyl groups is 3. The lowest BCUT2D eigenvalue weighted by atomic mass is 9.93. The maximum atomic E-state index is 9.92. The molecule has 0 spiro atoms. The maximum absolute atomic E-state index is 9.92. The van der Waals surface area contributed by atoms with Crippen molar-refractivity contribution >= 4 is 0 Å². The average Bonchev–Trinajstić information content (AvgIpc) is 2.61. The summed E-state index contributed by atoms with van der Waals surface area (Å²) < 4.78 is 10.7. The largest absolute Gasteiger partial charge is 0.390 e. The van der Waals surface area contributed by atoms with Gasteiger partial charge in [0.25, 0.3) is 0 Å². The van der Waals surface area contributed by atoms with Crippen LogP contribution in [0, 0.1) is 5.92 Å². The summed E-state index contributed by atoms with van der Waals surface area (Å²) in [5.41, 5.74) is 5.38. The fourth-order valence-corrected chi connectivity index (χ4v) is 2.55. The second kappa shape index (κ2) is 13.8. The van der Waals surface area contributed by atoms with Crippen LogP contribution in [0.4, 0.5) is 0 Å². The Hall–Kier alpha value is -0.360. The van der Waals surface area contributed by atoms with E-state index in [1.807, 2.05) is 0 Å². The topological polar surface area (TPSA) is 141 Å². The highest BCUT2D eigenvalue weighted by molar-refractivity contribution is 4.86. The summed E-state index contributed by atoms with van der Waals surface area (Å²) in [4.78, 5) is 0. The van der Waals surface area contributed by atoms with Gasteiger partial charge in [-0.25, -0.2) is 0 Å². The number of rotatable bonds is 14. The van der Waals surface area contributed by atoms with Crippen LogP contribution in [0.3, 0.4) is 0 Å². The van der Waals surface area contributed by atoms with Gasteiger partial charge in [0.1, 0.15) is 12.2 Å². The normalized spacial score (nSPS) is 29.9. The van der Waals surface area contributed by atoms with Crippen molar-refractivity contribution in [3.8, 4) is 0 Å². The Labute approximate surface area is 150 Å². The van der Waals surface area contributed by atoms with Gasteiger partial charge in [-0.2, -0.15) is 0 Å². The fraction of sp³-hybridized carbons (Fsp3) is 1.00. The van der Waals surface area contributed by atoms with Crippen molar-refractivity contribution in [1.82, 2.24) is 16.0 Å². The lowest BCUT2D eigenvalue weighted by Gasteiger charge is -2.39. The van der Waals surface area contributed by atoms with Crippen LogP contribution in [0.2, 0.25) is 0 Å². The molecule has 1 heterocycles. The van der Waals surface area contributed by atoms with Gasteiger partial charge in [0.05, 0.1) is 12.7 Å². The monoisotopic (exact) mass is 364 g/mol. The molecule has 0 bridgehead atoms. The number of nitrogens with one attached hydrogen (secondary N) is 3. The summed E-state index contributed by atoms with van der Waals surface area (Å²) >= 11 is 0. The van der Waals surface area contributed by atoms with Gasteiger partial charge in [0.15, 0.2) is 6.29 Å². The van der Waals surface area contributed by atoms with Crippen molar-refractivity contribution in [3.05, 3.63) is 0 Å². The highest BCUT2D eigenvalue weighted by Crippen LogP contribution is 2.24. The van der Waals surface area contributed by atoms with Gasteiger partial charge in [-0.15, -0.1) is 0 Å². The second-order valence-electron chi connectivity index (χ2n) is 6.37. The summed E-state index contributed by atoms with van der Waals surface area (Å²) in [6.45, 7) is 8.29. The van der Waals surface area contributed by atoms with Crippen molar-refractivity contribution in [2.75, 3.05) is 59.0 Å². The van der Waals surface area contributed by atoms with Crippen LogP contribution in [0.15, 0.2) is 0 Å². The molecule has 9 heteroatoms. The van der Waals surface area contributed by atoms with Crippen LogP contribution in [0.5, 0.6) is 0 Å². The van der Waals surface area contributed by atoms with Gasteiger partial charge in [-0.3, -0.25) is 0 Å². The lowest BCUT2D eigenvalue weighted by Crippen LogP contribution is -2.54. The number of ether oxygens (including phenoxy) is 2. The number of hydrogen-bond acceptors (Lipinski definition) is 9. The van der Waals surface area contributed by atoms with Crippen LogP contribution in [0.25, 0.3) is 0 Å². The minimum absolute atomic E-state index is 0.152. The van der Waals surface area contributed by atoms with Crippen LogP contribution in [0.1, 0.15) is 13.3 Å². The van der Waals surface area contributed by atoms with Crippen molar-refractivity contribution in [3.63, 3.8) is 0 Å². The predicted octanol–water partition coefficient (Wildman–Crippen LogP) is -2.80. The molecule has 0 aromatic carbocycles. The van der Waals surface area contributed by atoms with Crippen LogP contribution in [-0.2, 0) is 9.47 Å². The molecule has 8 N–H and O–H groups in total. The van der Waals surface area contributed by atoms with E-state index in [0.29, 0.717) is 13.2 Å². The first-order valence-corrected chi connectivity index (χ1v) is 9.17. The Balaban J connectivity index is 1.90.